The van der Waals surface area contributed by atoms with Crippen molar-refractivity contribution < 1.29 is 19.4 Å². The van der Waals surface area contributed by atoms with Gasteiger partial charge in [0.05, 0.1) is 18.9 Å². The highest BCUT2D eigenvalue weighted by Crippen LogP contribution is 2.33. The number of rotatable bonds is 7. The van der Waals surface area contributed by atoms with Gasteiger partial charge in [-0.15, -0.1) is 5.10 Å². The van der Waals surface area contributed by atoms with Crippen molar-refractivity contribution in [3.63, 3.8) is 0 Å². The number of anilines is 1. The van der Waals surface area contributed by atoms with Crippen LogP contribution in [-0.2, 0) is 16.1 Å². The van der Waals surface area contributed by atoms with Crippen molar-refractivity contribution in [2.75, 3.05) is 11.5 Å². The summed E-state index contributed by atoms with van der Waals surface area (Å²) in [5, 5.41) is 13.9. The lowest BCUT2D eigenvalue weighted by atomic mass is 9.82. The first kappa shape index (κ1) is 23.0. The number of aromatic nitrogens is 2. The maximum Gasteiger partial charge on any atom is 0.343 e. The molecule has 168 valence electrons. The zero-order valence-corrected chi connectivity index (χ0v) is 18.9. The molecule has 1 aliphatic carbocycles. The van der Waals surface area contributed by atoms with E-state index in [1.54, 1.807) is 34.8 Å². The van der Waals surface area contributed by atoms with Gasteiger partial charge in [0.15, 0.2) is 5.82 Å². The molecule has 1 aromatic carbocycles. The Bertz CT molecular complexity index is 896. The summed E-state index contributed by atoms with van der Waals surface area (Å²) in [5.74, 6) is 0.457. The Morgan fingerprint density at radius 1 is 1.19 bits per heavy atom. The van der Waals surface area contributed by atoms with E-state index in [4.69, 9.17) is 4.74 Å². The maximum atomic E-state index is 13.5. The molecule has 2 aromatic rings. The van der Waals surface area contributed by atoms with Gasteiger partial charge < -0.3 is 9.84 Å². The number of esters is 1. The molecule has 0 bridgehead atoms. The molecule has 1 aliphatic rings. The Kier molecular flexibility index (Phi) is 7.49. The fourth-order valence-corrected chi connectivity index (χ4v) is 4.09. The maximum absolute atomic E-state index is 13.5. The number of aliphatic hydroxyl groups excluding tert-OH is 1. The summed E-state index contributed by atoms with van der Waals surface area (Å²) in [7, 11) is 0. The minimum Gasteiger partial charge on any atom is -0.462 e. The van der Waals surface area contributed by atoms with E-state index in [1.165, 1.54) is 0 Å². The number of aliphatic hydroxyl groups is 1. The van der Waals surface area contributed by atoms with Crippen molar-refractivity contribution in [1.82, 2.24) is 9.78 Å². The molecule has 1 saturated carbocycles. The van der Waals surface area contributed by atoms with Gasteiger partial charge in [-0.1, -0.05) is 19.1 Å². The van der Waals surface area contributed by atoms with E-state index in [1.807, 2.05) is 26.0 Å². The van der Waals surface area contributed by atoms with Crippen LogP contribution < -0.4 is 4.90 Å². The molecule has 0 unspecified atom stereocenters. The second kappa shape index (κ2) is 10.1. The van der Waals surface area contributed by atoms with Gasteiger partial charge in [-0.2, -0.15) is 0 Å². The summed E-state index contributed by atoms with van der Waals surface area (Å²) in [6.07, 6.45) is 5.42. The molecule has 1 N–H and O–H groups in total. The van der Waals surface area contributed by atoms with Crippen molar-refractivity contribution in [2.45, 2.75) is 66.0 Å². The monoisotopic (exact) mass is 427 g/mol. The van der Waals surface area contributed by atoms with Crippen LogP contribution in [-0.4, -0.2) is 39.4 Å². The summed E-state index contributed by atoms with van der Waals surface area (Å²) in [4.78, 5) is 27.9. The normalized spacial score (nSPS) is 18.8. The number of amides is 1. The van der Waals surface area contributed by atoms with Crippen LogP contribution in [0.3, 0.4) is 0 Å². The highest BCUT2D eigenvalue weighted by molar-refractivity contribution is 6.02. The number of nitrogens with zero attached hydrogens (tertiary/aromatic N) is 3. The smallest absolute Gasteiger partial charge is 0.343 e. The van der Waals surface area contributed by atoms with E-state index in [-0.39, 0.29) is 36.6 Å². The van der Waals surface area contributed by atoms with Gasteiger partial charge in [-0.25, -0.2) is 9.48 Å². The highest BCUT2D eigenvalue weighted by atomic mass is 16.5. The van der Waals surface area contributed by atoms with Gasteiger partial charge in [0.2, 0.25) is 5.91 Å². The molecule has 0 radical (unpaired) electrons. The fourth-order valence-electron chi connectivity index (χ4n) is 4.09. The van der Waals surface area contributed by atoms with Crippen LogP contribution >= 0.6 is 0 Å². The predicted molar refractivity (Wildman–Crippen MR) is 119 cm³/mol. The number of carbonyl (C=O) groups excluding carboxylic acids is 2. The molecule has 0 aliphatic heterocycles. The van der Waals surface area contributed by atoms with Crippen LogP contribution in [0, 0.1) is 11.8 Å². The lowest BCUT2D eigenvalue weighted by molar-refractivity contribution is -0.124. The topological polar surface area (TPSA) is 84.7 Å². The molecule has 7 nitrogen and oxygen atoms in total. The second-order valence-electron chi connectivity index (χ2n) is 8.61. The van der Waals surface area contributed by atoms with Crippen LogP contribution in [0.1, 0.15) is 69.3 Å². The predicted octanol–water partition coefficient (Wildman–Crippen LogP) is 4.11. The van der Waals surface area contributed by atoms with Gasteiger partial charge >= 0.3 is 5.97 Å². The van der Waals surface area contributed by atoms with Crippen LogP contribution in [0.5, 0.6) is 0 Å². The highest BCUT2D eigenvalue weighted by Gasteiger charge is 2.34. The Labute approximate surface area is 184 Å². The minimum atomic E-state index is -0.494. The van der Waals surface area contributed by atoms with Gasteiger partial charge in [-0.05, 0) is 70.1 Å². The number of hydrogen-bond acceptors (Lipinski definition) is 5. The third kappa shape index (κ3) is 5.15. The molecule has 3 rings (SSSR count). The quantitative estimate of drug-likeness (QED) is 0.672. The van der Waals surface area contributed by atoms with Crippen molar-refractivity contribution in [1.29, 1.82) is 0 Å². The SMILES string of the molecule is CCOC(=O)c1cn(-c2ccc(CO)cc2)nc1N(C(=O)C1CCC(C)CC1)C(C)C. The minimum absolute atomic E-state index is 0.0216. The Morgan fingerprint density at radius 2 is 1.84 bits per heavy atom. The van der Waals surface area contributed by atoms with Gasteiger partial charge in [-0.3, -0.25) is 9.69 Å². The second-order valence-corrected chi connectivity index (χ2v) is 8.61. The Hall–Kier alpha value is -2.67. The summed E-state index contributed by atoms with van der Waals surface area (Å²) in [6.45, 7) is 8.05. The van der Waals surface area contributed by atoms with Crippen LogP contribution in [0.4, 0.5) is 5.82 Å². The van der Waals surface area contributed by atoms with Crippen molar-refractivity contribution in [2.24, 2.45) is 11.8 Å². The first-order chi connectivity index (χ1) is 14.8. The fraction of sp³-hybridized carbons (Fsp3) is 0.542. The number of ether oxygens (including phenoxy) is 1. The molecule has 0 spiro atoms. The van der Waals surface area contributed by atoms with Crippen molar-refractivity contribution >= 4 is 17.7 Å². The Balaban J connectivity index is 2.01. The molecule has 1 heterocycles. The van der Waals surface area contributed by atoms with E-state index in [0.717, 1.165) is 36.9 Å². The van der Waals surface area contributed by atoms with Gasteiger partial charge in [0.25, 0.3) is 0 Å². The standard InChI is InChI=1S/C24H33N3O4/c1-5-31-24(30)21-14-26(20-12-8-18(15-28)9-13-20)25-22(21)27(16(2)3)23(29)19-10-6-17(4)7-11-19/h8-9,12-14,16-17,19,28H,5-7,10-11,15H2,1-4H3. The molecule has 1 amide bonds. The molecular formula is C24H33N3O4. The van der Waals surface area contributed by atoms with E-state index in [0.29, 0.717) is 11.7 Å². The lowest BCUT2D eigenvalue weighted by Crippen LogP contribution is -2.43. The van der Waals surface area contributed by atoms with Crippen molar-refractivity contribution in [3.05, 3.63) is 41.6 Å². The first-order valence-corrected chi connectivity index (χ1v) is 11.2. The van der Waals surface area contributed by atoms with Gasteiger partial charge in [0, 0.05) is 18.2 Å². The van der Waals surface area contributed by atoms with E-state index in [9.17, 15) is 14.7 Å². The summed E-state index contributed by atoms with van der Waals surface area (Å²) < 4.78 is 6.85. The molecule has 0 atom stereocenters. The zero-order valence-electron chi connectivity index (χ0n) is 18.9. The molecular weight excluding hydrogens is 394 g/mol. The average molecular weight is 428 g/mol. The van der Waals surface area contributed by atoms with E-state index in [2.05, 4.69) is 12.0 Å². The van der Waals surface area contributed by atoms with Crippen LogP contribution in [0.2, 0.25) is 0 Å². The van der Waals surface area contributed by atoms with E-state index >= 15 is 0 Å². The molecule has 31 heavy (non-hydrogen) atoms. The molecule has 0 saturated heterocycles. The number of benzene rings is 1. The number of hydrogen-bond donors (Lipinski definition) is 1. The molecule has 7 heteroatoms. The largest absolute Gasteiger partial charge is 0.462 e. The summed E-state index contributed by atoms with van der Waals surface area (Å²) in [5.41, 5.74) is 1.79. The average Bonchev–Trinajstić information content (AvgIpc) is 3.19. The number of carbonyl (C=O) groups is 2. The Morgan fingerprint density at radius 3 is 2.39 bits per heavy atom. The zero-order chi connectivity index (χ0) is 22.5. The molecule has 1 fully saturated rings. The van der Waals surface area contributed by atoms with Crippen LogP contribution in [0.15, 0.2) is 30.5 Å². The first-order valence-electron chi connectivity index (χ1n) is 11.2. The lowest BCUT2D eigenvalue weighted by Gasteiger charge is -2.32. The van der Waals surface area contributed by atoms with Crippen molar-refractivity contribution in [3.8, 4) is 5.69 Å². The molecule has 1 aromatic heterocycles. The third-order valence-electron chi connectivity index (χ3n) is 5.92. The summed E-state index contributed by atoms with van der Waals surface area (Å²) >= 11 is 0. The van der Waals surface area contributed by atoms with E-state index < -0.39 is 5.97 Å². The van der Waals surface area contributed by atoms with Crippen LogP contribution in [0.25, 0.3) is 5.69 Å². The van der Waals surface area contributed by atoms with Gasteiger partial charge in [0.1, 0.15) is 5.56 Å². The third-order valence-corrected chi connectivity index (χ3v) is 5.92. The summed E-state index contributed by atoms with van der Waals surface area (Å²) in [6, 6.07) is 7.09.